The van der Waals surface area contributed by atoms with E-state index in [1.165, 1.54) is 7.11 Å². The fraction of sp³-hybridized carbons (Fsp3) is 0.500. The lowest BCUT2D eigenvalue weighted by molar-refractivity contribution is -0.0350. The number of rotatable bonds is 3. The number of amides is 1. The van der Waals surface area contributed by atoms with E-state index in [0.717, 1.165) is 6.20 Å². The van der Waals surface area contributed by atoms with Crippen LogP contribution >= 0.6 is 0 Å². The van der Waals surface area contributed by atoms with Gasteiger partial charge < -0.3 is 14.8 Å². The summed E-state index contributed by atoms with van der Waals surface area (Å²) in [6, 6.07) is 0.241. The van der Waals surface area contributed by atoms with Gasteiger partial charge in [0.15, 0.2) is 11.5 Å². The van der Waals surface area contributed by atoms with E-state index in [1.807, 2.05) is 0 Å². The number of methoxy groups -OCH3 is 1. The molecule has 1 amide bonds. The van der Waals surface area contributed by atoms with Crippen molar-refractivity contribution < 1.29 is 23.0 Å². The number of hydrogen-bond acceptors (Lipinski definition) is 4. The number of aromatic nitrogens is 1. The molecule has 1 saturated heterocycles. The molecular formula is C12H14F2N2O3. The molecule has 104 valence electrons. The Morgan fingerprint density at radius 2 is 2.37 bits per heavy atom. The van der Waals surface area contributed by atoms with Crippen LogP contribution in [0.2, 0.25) is 0 Å². The second-order valence-corrected chi connectivity index (χ2v) is 4.20. The molecule has 7 heteroatoms. The Bertz CT molecular complexity index is 470. The predicted octanol–water partition coefficient (Wildman–Crippen LogP) is 0.893. The number of pyridine rings is 1. The van der Waals surface area contributed by atoms with Crippen LogP contribution in [0.3, 0.4) is 0 Å². The maximum absolute atomic E-state index is 13.4. The van der Waals surface area contributed by atoms with Gasteiger partial charge in [-0.25, -0.2) is 13.8 Å². The Morgan fingerprint density at radius 1 is 1.58 bits per heavy atom. The van der Waals surface area contributed by atoms with Gasteiger partial charge in [0.25, 0.3) is 5.91 Å². The van der Waals surface area contributed by atoms with Crippen molar-refractivity contribution in [1.29, 1.82) is 0 Å². The number of ether oxygens (including phenoxy) is 2. The molecule has 2 atom stereocenters. The van der Waals surface area contributed by atoms with Crippen molar-refractivity contribution in [3.05, 3.63) is 29.6 Å². The molecule has 1 N–H and O–H groups in total. The highest BCUT2D eigenvalue weighted by Crippen LogP contribution is 2.12. The van der Waals surface area contributed by atoms with Crippen molar-refractivity contribution in [2.75, 3.05) is 20.3 Å². The van der Waals surface area contributed by atoms with E-state index in [-0.39, 0.29) is 18.8 Å². The van der Waals surface area contributed by atoms with E-state index in [9.17, 15) is 13.6 Å². The zero-order valence-corrected chi connectivity index (χ0v) is 10.4. The maximum atomic E-state index is 13.4. The number of carbonyl (C=O) groups excluding carboxylic acids is 1. The molecule has 2 heterocycles. The summed E-state index contributed by atoms with van der Waals surface area (Å²) in [5.74, 6) is -2.54. The van der Waals surface area contributed by atoms with Gasteiger partial charge in [-0.05, 0) is 6.42 Å². The summed E-state index contributed by atoms with van der Waals surface area (Å²) < 4.78 is 36.6. The highest BCUT2D eigenvalue weighted by molar-refractivity contribution is 5.92. The van der Waals surface area contributed by atoms with Crippen LogP contribution in [0.1, 0.15) is 16.9 Å². The summed E-state index contributed by atoms with van der Waals surface area (Å²) in [7, 11) is 1.53. The molecule has 1 aliphatic rings. The van der Waals surface area contributed by atoms with Crippen LogP contribution in [-0.2, 0) is 9.47 Å². The van der Waals surface area contributed by atoms with Crippen LogP contribution in [0.15, 0.2) is 12.3 Å². The first-order chi connectivity index (χ1) is 9.11. The van der Waals surface area contributed by atoms with E-state index >= 15 is 0 Å². The lowest BCUT2D eigenvalue weighted by atomic mass is 10.1. The maximum Gasteiger partial charge on any atom is 0.273 e. The van der Waals surface area contributed by atoms with E-state index in [2.05, 4.69) is 10.3 Å². The summed E-state index contributed by atoms with van der Waals surface area (Å²) >= 11 is 0. The third-order valence-corrected chi connectivity index (χ3v) is 2.94. The van der Waals surface area contributed by atoms with Crippen molar-refractivity contribution in [1.82, 2.24) is 10.3 Å². The molecule has 1 fully saturated rings. The average Bonchev–Trinajstić information content (AvgIpc) is 2.39. The van der Waals surface area contributed by atoms with Crippen molar-refractivity contribution in [2.45, 2.75) is 18.6 Å². The zero-order valence-electron chi connectivity index (χ0n) is 10.4. The number of nitrogens with one attached hydrogen (secondary N) is 1. The van der Waals surface area contributed by atoms with Gasteiger partial charge in [-0.15, -0.1) is 0 Å². The normalized spacial score (nSPS) is 23.1. The molecule has 19 heavy (non-hydrogen) atoms. The lowest BCUT2D eigenvalue weighted by Crippen LogP contribution is -2.50. The highest BCUT2D eigenvalue weighted by Gasteiger charge is 2.28. The molecule has 1 aliphatic heterocycles. The van der Waals surface area contributed by atoms with Crippen LogP contribution in [0.5, 0.6) is 0 Å². The Kier molecular flexibility index (Phi) is 4.39. The lowest BCUT2D eigenvalue weighted by Gasteiger charge is -2.30. The highest BCUT2D eigenvalue weighted by atomic mass is 19.1. The third-order valence-electron chi connectivity index (χ3n) is 2.94. The fourth-order valence-electron chi connectivity index (χ4n) is 1.95. The number of hydrogen-bond donors (Lipinski definition) is 1. The van der Waals surface area contributed by atoms with Crippen LogP contribution in [0.25, 0.3) is 0 Å². The van der Waals surface area contributed by atoms with Crippen LogP contribution in [-0.4, -0.2) is 43.4 Å². The van der Waals surface area contributed by atoms with Gasteiger partial charge in [0.05, 0.1) is 24.9 Å². The molecule has 0 saturated carbocycles. The smallest absolute Gasteiger partial charge is 0.273 e. The molecular weight excluding hydrogens is 258 g/mol. The topological polar surface area (TPSA) is 60.5 Å². The quantitative estimate of drug-likeness (QED) is 0.888. The second kappa shape index (κ2) is 6.03. The molecule has 2 rings (SSSR count). The monoisotopic (exact) mass is 272 g/mol. The largest absolute Gasteiger partial charge is 0.379 e. The summed E-state index contributed by atoms with van der Waals surface area (Å²) in [5.41, 5.74) is -0.443. The van der Waals surface area contributed by atoms with Gasteiger partial charge in [-0.1, -0.05) is 0 Å². The third kappa shape index (κ3) is 3.24. The van der Waals surface area contributed by atoms with Gasteiger partial charge in [-0.2, -0.15) is 0 Å². The molecule has 0 bridgehead atoms. The van der Waals surface area contributed by atoms with Gasteiger partial charge >= 0.3 is 0 Å². The first-order valence-electron chi connectivity index (χ1n) is 5.84. The number of halogens is 2. The Morgan fingerprint density at radius 3 is 3.05 bits per heavy atom. The summed E-state index contributed by atoms with van der Waals surface area (Å²) in [4.78, 5) is 15.3. The van der Waals surface area contributed by atoms with E-state index in [4.69, 9.17) is 9.47 Å². The minimum Gasteiger partial charge on any atom is -0.379 e. The van der Waals surface area contributed by atoms with Crippen LogP contribution in [0.4, 0.5) is 8.78 Å². The van der Waals surface area contributed by atoms with E-state index in [0.29, 0.717) is 19.1 Å². The Labute approximate surface area is 108 Å². The SMILES string of the molecule is CO[C@H]1CCOC[C@@H]1NC(=O)c1ncc(F)cc1F. The molecule has 5 nitrogen and oxygen atoms in total. The molecule has 1 aromatic rings. The second-order valence-electron chi connectivity index (χ2n) is 4.20. The average molecular weight is 272 g/mol. The Balaban J connectivity index is 2.07. The summed E-state index contributed by atoms with van der Waals surface area (Å²) in [5, 5.41) is 2.58. The molecule has 0 unspecified atom stereocenters. The van der Waals surface area contributed by atoms with Gasteiger partial charge in [0.1, 0.15) is 5.82 Å². The standard InChI is InChI=1S/C12H14F2N2O3/c1-18-10-2-3-19-6-9(10)16-12(17)11-8(14)4-7(13)5-15-11/h4-5,9-10H,2-3,6H2,1H3,(H,16,17)/t9-,10-/m0/s1. The van der Waals surface area contributed by atoms with Gasteiger partial charge in [0, 0.05) is 19.8 Å². The van der Waals surface area contributed by atoms with E-state index < -0.39 is 23.2 Å². The van der Waals surface area contributed by atoms with Crippen molar-refractivity contribution in [2.24, 2.45) is 0 Å². The summed E-state index contributed by atoms with van der Waals surface area (Å²) in [6.07, 6.45) is 1.24. The van der Waals surface area contributed by atoms with Gasteiger partial charge in [0.2, 0.25) is 0 Å². The predicted molar refractivity (Wildman–Crippen MR) is 61.6 cm³/mol. The minimum atomic E-state index is -0.997. The summed E-state index contributed by atoms with van der Waals surface area (Å²) in [6.45, 7) is 0.834. The van der Waals surface area contributed by atoms with Gasteiger partial charge in [-0.3, -0.25) is 4.79 Å². The molecule has 0 aromatic carbocycles. The molecule has 1 aromatic heterocycles. The first-order valence-corrected chi connectivity index (χ1v) is 5.84. The van der Waals surface area contributed by atoms with Crippen LogP contribution in [0, 0.1) is 11.6 Å². The Hall–Kier alpha value is -1.60. The molecule has 0 radical (unpaired) electrons. The fourth-order valence-corrected chi connectivity index (χ4v) is 1.95. The molecule has 0 aliphatic carbocycles. The first kappa shape index (κ1) is 13.8. The zero-order chi connectivity index (χ0) is 13.8. The van der Waals surface area contributed by atoms with Crippen molar-refractivity contribution in [3.8, 4) is 0 Å². The van der Waals surface area contributed by atoms with Crippen molar-refractivity contribution in [3.63, 3.8) is 0 Å². The van der Waals surface area contributed by atoms with E-state index in [1.54, 1.807) is 0 Å². The number of nitrogens with zero attached hydrogens (tertiary/aromatic N) is 1. The van der Waals surface area contributed by atoms with Crippen molar-refractivity contribution >= 4 is 5.91 Å². The van der Waals surface area contributed by atoms with Crippen LogP contribution < -0.4 is 5.32 Å². The molecule has 0 spiro atoms. The minimum absolute atomic E-state index is 0.193. The number of carbonyl (C=O) groups is 1.